The van der Waals surface area contributed by atoms with Crippen molar-refractivity contribution in [1.82, 2.24) is 9.88 Å². The van der Waals surface area contributed by atoms with Crippen LogP contribution < -0.4 is 0 Å². The minimum absolute atomic E-state index is 0. The second kappa shape index (κ2) is 12.0. The van der Waals surface area contributed by atoms with Gasteiger partial charge in [0.2, 0.25) is 0 Å². The topological polar surface area (TPSA) is 65.8 Å². The van der Waals surface area contributed by atoms with E-state index < -0.39 is 12.0 Å². The first-order chi connectivity index (χ1) is 15.1. The molecule has 7 heteroatoms. The average molecular weight is 501 g/mol. The van der Waals surface area contributed by atoms with Crippen molar-refractivity contribution in [3.05, 3.63) is 53.9 Å². The maximum absolute atomic E-state index is 12.2. The van der Waals surface area contributed by atoms with Gasteiger partial charge in [-0.25, -0.2) is 0 Å². The fourth-order valence-electron chi connectivity index (χ4n) is 4.66. The van der Waals surface area contributed by atoms with Gasteiger partial charge >= 0.3 is 23.0 Å². The van der Waals surface area contributed by atoms with Crippen molar-refractivity contribution in [3.8, 4) is 0 Å². The third-order valence-corrected chi connectivity index (χ3v) is 6.97. The van der Waals surface area contributed by atoms with E-state index in [2.05, 4.69) is 17.0 Å². The van der Waals surface area contributed by atoms with Crippen LogP contribution in [-0.4, -0.2) is 51.3 Å². The number of rotatable bonds is 9. The van der Waals surface area contributed by atoms with Crippen molar-refractivity contribution >= 4 is 34.3 Å². The molecule has 1 aliphatic carbocycles. The molecule has 1 N–H and O–H groups in total. The first-order valence-electron chi connectivity index (χ1n) is 11.2. The molecule has 1 aliphatic heterocycles. The van der Waals surface area contributed by atoms with Crippen LogP contribution in [0.2, 0.25) is 0 Å². The van der Waals surface area contributed by atoms with E-state index in [0.717, 1.165) is 47.3 Å². The number of hydrogen-bond acceptors (Lipinski definition) is 5. The Morgan fingerprint density at radius 2 is 2.06 bits per heavy atom. The van der Waals surface area contributed by atoms with Gasteiger partial charge in [0.25, 0.3) is 0 Å². The standard InChI is InChI=1S/C25H31N3O2S.Cu/c1-31-15-14-24(25(29)30)28(16-20-12-10-18-6-2-4-8-22(18)26-20)17-21-13-11-19-7-3-5-9-23(19)27-21;/h2,4,6,8-10,12,19,24H,3,5,7,11,13-17H2,1H3,(H,29,30);/q;+1/t19-,24-;/m0./s1. The summed E-state index contributed by atoms with van der Waals surface area (Å²) in [5.41, 5.74) is 4.19. The van der Waals surface area contributed by atoms with E-state index in [-0.39, 0.29) is 17.1 Å². The van der Waals surface area contributed by atoms with Gasteiger partial charge < -0.3 is 5.11 Å². The monoisotopic (exact) mass is 500 g/mol. The van der Waals surface area contributed by atoms with E-state index >= 15 is 0 Å². The molecule has 32 heavy (non-hydrogen) atoms. The number of thioether (sulfide) groups is 1. The van der Waals surface area contributed by atoms with Crippen LogP contribution in [0.1, 0.15) is 44.2 Å². The molecule has 0 spiro atoms. The van der Waals surface area contributed by atoms with Crippen LogP contribution in [-0.2, 0) is 28.4 Å². The normalized spacial score (nSPS) is 19.0. The molecule has 0 saturated carbocycles. The molecule has 0 saturated heterocycles. The van der Waals surface area contributed by atoms with Crippen LogP contribution in [0.25, 0.3) is 10.9 Å². The van der Waals surface area contributed by atoms with Gasteiger partial charge in [-0.1, -0.05) is 30.3 Å². The van der Waals surface area contributed by atoms with Gasteiger partial charge in [-0.3, -0.25) is 19.7 Å². The van der Waals surface area contributed by atoms with Crippen molar-refractivity contribution in [2.24, 2.45) is 10.9 Å². The molecule has 0 fully saturated rings. The summed E-state index contributed by atoms with van der Waals surface area (Å²) < 4.78 is 0. The zero-order chi connectivity index (χ0) is 21.6. The first-order valence-corrected chi connectivity index (χ1v) is 12.6. The largest absolute Gasteiger partial charge is 1.00 e. The van der Waals surface area contributed by atoms with Gasteiger partial charge in [-0.15, -0.1) is 0 Å². The maximum Gasteiger partial charge on any atom is 1.00 e. The third-order valence-electron chi connectivity index (χ3n) is 6.33. The second-order valence-corrected chi connectivity index (χ2v) is 9.49. The number of aliphatic carboxylic acids is 1. The van der Waals surface area contributed by atoms with Crippen LogP contribution >= 0.6 is 11.8 Å². The Morgan fingerprint density at radius 1 is 1.22 bits per heavy atom. The SMILES string of the molecule is CSCC[C@@H](C(=O)O)N(CC1=NC2=CCCC[C@H]2CC1)Cc1ccc2ccccc2n1.[Cu+]. The molecule has 0 radical (unpaired) electrons. The summed E-state index contributed by atoms with van der Waals surface area (Å²) in [6.07, 6.45) is 10.6. The number of allylic oxidation sites excluding steroid dienone is 2. The van der Waals surface area contributed by atoms with Crippen LogP contribution in [0, 0.1) is 5.92 Å². The average Bonchev–Trinajstić information content (AvgIpc) is 2.79. The Balaban J connectivity index is 0.00000289. The van der Waals surface area contributed by atoms with Crippen LogP contribution in [0.5, 0.6) is 0 Å². The molecule has 1 aromatic carbocycles. The van der Waals surface area contributed by atoms with Crippen molar-refractivity contribution < 1.29 is 27.0 Å². The Labute approximate surface area is 205 Å². The molecule has 0 unspecified atom stereocenters. The fraction of sp³-hybridized carbons (Fsp3) is 0.480. The van der Waals surface area contributed by atoms with E-state index in [1.165, 1.54) is 18.5 Å². The Hall–Kier alpha value is -1.66. The molecule has 2 aromatic rings. The number of carbonyl (C=O) groups is 1. The van der Waals surface area contributed by atoms with E-state index in [0.29, 0.717) is 25.4 Å². The minimum Gasteiger partial charge on any atom is -0.480 e. The molecule has 0 amide bonds. The zero-order valence-corrected chi connectivity index (χ0v) is 20.2. The van der Waals surface area contributed by atoms with Gasteiger partial charge in [0.1, 0.15) is 6.04 Å². The zero-order valence-electron chi connectivity index (χ0n) is 18.5. The summed E-state index contributed by atoms with van der Waals surface area (Å²) in [5, 5.41) is 11.1. The van der Waals surface area contributed by atoms with Gasteiger partial charge in [0.05, 0.1) is 11.2 Å². The predicted octanol–water partition coefficient (Wildman–Crippen LogP) is 5.16. The van der Waals surface area contributed by atoms with Crippen molar-refractivity contribution in [2.75, 3.05) is 18.6 Å². The van der Waals surface area contributed by atoms with Gasteiger partial charge in [0.15, 0.2) is 0 Å². The fourth-order valence-corrected chi connectivity index (χ4v) is 5.12. The summed E-state index contributed by atoms with van der Waals surface area (Å²) in [6, 6.07) is 11.6. The Kier molecular flexibility index (Phi) is 9.35. The Morgan fingerprint density at radius 3 is 2.88 bits per heavy atom. The predicted molar refractivity (Wildman–Crippen MR) is 129 cm³/mol. The van der Waals surface area contributed by atoms with Crippen LogP contribution in [0.15, 0.2) is 53.2 Å². The molecule has 2 heterocycles. The molecule has 174 valence electrons. The number of hydrogen-bond donors (Lipinski definition) is 1. The second-order valence-electron chi connectivity index (χ2n) is 8.51. The molecule has 4 rings (SSSR count). The van der Waals surface area contributed by atoms with Gasteiger partial charge in [-0.05, 0) is 62.7 Å². The molecule has 2 aliphatic rings. The number of carboxylic acids is 1. The summed E-state index contributed by atoms with van der Waals surface area (Å²) in [7, 11) is 0. The Bertz CT molecular complexity index is 994. The maximum atomic E-state index is 12.2. The number of fused-ring (bicyclic) bond motifs is 2. The molecular weight excluding hydrogens is 470 g/mol. The molecule has 1 aromatic heterocycles. The van der Waals surface area contributed by atoms with Crippen LogP contribution in [0.4, 0.5) is 0 Å². The smallest absolute Gasteiger partial charge is 0.480 e. The number of carboxylic acid groups (broad SMARTS) is 1. The molecular formula is C25H31CuN3O2S+. The number of nitrogens with zero attached hydrogens (tertiary/aromatic N) is 3. The summed E-state index contributed by atoms with van der Waals surface area (Å²) in [6.45, 7) is 1.10. The van der Waals surface area contributed by atoms with Gasteiger partial charge in [0, 0.05) is 35.8 Å². The summed E-state index contributed by atoms with van der Waals surface area (Å²) >= 11 is 1.69. The van der Waals surface area contributed by atoms with Crippen molar-refractivity contribution in [1.29, 1.82) is 0 Å². The molecule has 5 nitrogen and oxygen atoms in total. The number of aromatic nitrogens is 1. The number of pyridine rings is 1. The number of benzene rings is 1. The number of aliphatic imine (C=N–C) groups is 1. The quantitative estimate of drug-likeness (QED) is 0.482. The number of para-hydroxylation sites is 1. The van der Waals surface area contributed by atoms with Crippen LogP contribution in [0.3, 0.4) is 0 Å². The van der Waals surface area contributed by atoms with E-state index in [9.17, 15) is 9.90 Å². The van der Waals surface area contributed by atoms with E-state index in [1.54, 1.807) is 11.8 Å². The first kappa shape index (κ1) is 25.0. The van der Waals surface area contributed by atoms with Crippen molar-refractivity contribution in [2.45, 2.75) is 51.1 Å². The van der Waals surface area contributed by atoms with Crippen molar-refractivity contribution in [3.63, 3.8) is 0 Å². The molecule has 0 bridgehead atoms. The molecule has 2 atom stereocenters. The third kappa shape index (κ3) is 6.22. The van der Waals surface area contributed by atoms with E-state index in [4.69, 9.17) is 9.98 Å². The van der Waals surface area contributed by atoms with E-state index in [1.807, 2.05) is 36.6 Å². The minimum atomic E-state index is -0.763. The summed E-state index contributed by atoms with van der Waals surface area (Å²) in [5.74, 6) is 0.652. The van der Waals surface area contributed by atoms with Gasteiger partial charge in [-0.2, -0.15) is 11.8 Å². The summed E-state index contributed by atoms with van der Waals surface area (Å²) in [4.78, 5) is 24.0.